The van der Waals surface area contributed by atoms with Crippen LogP contribution in [0.15, 0.2) is 64.6 Å². The number of hydrogen-bond donors (Lipinski definition) is 2. The monoisotopic (exact) mass is 367 g/mol. The molecule has 0 fully saturated rings. The highest BCUT2D eigenvalue weighted by atomic mass is 16.3. The van der Waals surface area contributed by atoms with E-state index in [-0.39, 0.29) is 28.9 Å². The SMILES string of the molecule is CC(C)=CCC[C@@H](C)C1=C(O)C(NC(C)c2ccccc2)=C(C)C(=O)C1=O. The topological polar surface area (TPSA) is 66.4 Å². The molecule has 0 heterocycles. The van der Waals surface area contributed by atoms with Crippen LogP contribution in [-0.4, -0.2) is 16.7 Å². The number of aliphatic hydroxyl groups excluding tert-OH is 1. The summed E-state index contributed by atoms with van der Waals surface area (Å²) >= 11 is 0. The number of carbonyl (C=O) groups excluding carboxylic acids is 2. The molecule has 0 spiro atoms. The summed E-state index contributed by atoms with van der Waals surface area (Å²) in [5.74, 6) is -1.43. The van der Waals surface area contributed by atoms with Gasteiger partial charge < -0.3 is 10.4 Å². The summed E-state index contributed by atoms with van der Waals surface area (Å²) in [5, 5.41) is 14.1. The Labute approximate surface area is 161 Å². The number of allylic oxidation sites excluding steroid dienone is 4. The second-order valence-electron chi connectivity index (χ2n) is 7.46. The molecule has 144 valence electrons. The van der Waals surface area contributed by atoms with Crippen molar-refractivity contribution < 1.29 is 14.7 Å². The van der Waals surface area contributed by atoms with Crippen molar-refractivity contribution in [1.82, 2.24) is 5.32 Å². The third-order valence-electron chi connectivity index (χ3n) is 4.96. The fourth-order valence-electron chi connectivity index (χ4n) is 3.27. The summed E-state index contributed by atoms with van der Waals surface area (Å²) < 4.78 is 0. The molecule has 27 heavy (non-hydrogen) atoms. The number of Topliss-reactive ketones (excluding diaryl/α,β-unsaturated/α-hetero) is 2. The van der Waals surface area contributed by atoms with E-state index < -0.39 is 11.6 Å². The van der Waals surface area contributed by atoms with Gasteiger partial charge in [-0.25, -0.2) is 0 Å². The fourth-order valence-corrected chi connectivity index (χ4v) is 3.27. The van der Waals surface area contributed by atoms with Gasteiger partial charge in [-0.3, -0.25) is 9.59 Å². The molecule has 1 aromatic rings. The van der Waals surface area contributed by atoms with Crippen LogP contribution >= 0.6 is 0 Å². The highest BCUT2D eigenvalue weighted by Gasteiger charge is 2.35. The lowest BCUT2D eigenvalue weighted by Gasteiger charge is -2.26. The third-order valence-corrected chi connectivity index (χ3v) is 4.96. The number of hydrogen-bond acceptors (Lipinski definition) is 4. The van der Waals surface area contributed by atoms with Gasteiger partial charge in [0.05, 0.1) is 11.3 Å². The van der Waals surface area contributed by atoms with Crippen LogP contribution in [0.5, 0.6) is 0 Å². The molecule has 0 saturated heterocycles. The maximum Gasteiger partial charge on any atom is 0.233 e. The summed E-state index contributed by atoms with van der Waals surface area (Å²) in [6.45, 7) is 9.48. The van der Waals surface area contributed by atoms with Gasteiger partial charge in [0.2, 0.25) is 11.6 Å². The van der Waals surface area contributed by atoms with Crippen LogP contribution in [-0.2, 0) is 9.59 Å². The molecule has 2 rings (SSSR count). The lowest BCUT2D eigenvalue weighted by molar-refractivity contribution is -0.132. The van der Waals surface area contributed by atoms with Gasteiger partial charge in [-0.15, -0.1) is 0 Å². The molecule has 1 aromatic carbocycles. The number of ketones is 2. The molecule has 1 aliphatic carbocycles. The molecular formula is C23H29NO3. The van der Waals surface area contributed by atoms with Gasteiger partial charge >= 0.3 is 0 Å². The number of rotatable bonds is 7. The van der Waals surface area contributed by atoms with Crippen LogP contribution in [0.1, 0.15) is 59.1 Å². The van der Waals surface area contributed by atoms with Crippen molar-refractivity contribution in [2.24, 2.45) is 5.92 Å². The van der Waals surface area contributed by atoms with Crippen LogP contribution < -0.4 is 5.32 Å². The van der Waals surface area contributed by atoms with Gasteiger partial charge in [0, 0.05) is 11.6 Å². The van der Waals surface area contributed by atoms with E-state index >= 15 is 0 Å². The Balaban J connectivity index is 2.32. The fraction of sp³-hybridized carbons (Fsp3) is 0.391. The van der Waals surface area contributed by atoms with Crippen molar-refractivity contribution in [3.63, 3.8) is 0 Å². The molecule has 0 amide bonds. The third kappa shape index (κ3) is 4.76. The summed E-state index contributed by atoms with van der Waals surface area (Å²) in [6, 6.07) is 9.67. The average molecular weight is 367 g/mol. The molecule has 4 heteroatoms. The quantitative estimate of drug-likeness (QED) is 0.406. The summed E-state index contributed by atoms with van der Waals surface area (Å²) in [5.41, 5.74) is 3.09. The van der Waals surface area contributed by atoms with Crippen molar-refractivity contribution in [3.05, 3.63) is 70.1 Å². The second-order valence-corrected chi connectivity index (χ2v) is 7.46. The number of aliphatic hydroxyl groups is 1. The molecule has 0 aliphatic heterocycles. The minimum absolute atomic E-state index is 0.0930. The zero-order valence-corrected chi connectivity index (χ0v) is 16.8. The Morgan fingerprint density at radius 2 is 1.74 bits per heavy atom. The lowest BCUT2D eigenvalue weighted by Crippen LogP contribution is -2.33. The summed E-state index contributed by atoms with van der Waals surface area (Å²) in [7, 11) is 0. The first-order valence-electron chi connectivity index (χ1n) is 9.42. The van der Waals surface area contributed by atoms with E-state index in [1.807, 2.05) is 58.0 Å². The van der Waals surface area contributed by atoms with Crippen LogP contribution in [0, 0.1) is 5.92 Å². The number of nitrogens with one attached hydrogen (secondary N) is 1. The molecule has 2 atom stereocenters. The largest absolute Gasteiger partial charge is 0.505 e. The Morgan fingerprint density at radius 1 is 1.11 bits per heavy atom. The van der Waals surface area contributed by atoms with Crippen LogP contribution in [0.3, 0.4) is 0 Å². The minimum Gasteiger partial charge on any atom is -0.505 e. The van der Waals surface area contributed by atoms with Crippen LogP contribution in [0.4, 0.5) is 0 Å². The zero-order chi connectivity index (χ0) is 20.1. The second kappa shape index (κ2) is 8.85. The van der Waals surface area contributed by atoms with Crippen molar-refractivity contribution in [2.45, 2.75) is 53.5 Å². The predicted octanol–water partition coefficient (Wildman–Crippen LogP) is 4.96. The van der Waals surface area contributed by atoms with Gasteiger partial charge in [0.1, 0.15) is 5.76 Å². The Kier molecular flexibility index (Phi) is 6.78. The van der Waals surface area contributed by atoms with Gasteiger partial charge in [-0.2, -0.15) is 0 Å². The maximum absolute atomic E-state index is 12.5. The Bertz CT molecular complexity index is 811. The molecule has 4 nitrogen and oxygen atoms in total. The minimum atomic E-state index is -0.590. The molecule has 1 unspecified atom stereocenters. The number of carbonyl (C=O) groups is 2. The Hall–Kier alpha value is -2.62. The van der Waals surface area contributed by atoms with Crippen molar-refractivity contribution in [3.8, 4) is 0 Å². The standard InChI is InChI=1S/C23H29NO3/c1-14(2)10-9-11-15(3)19-22(26)20(16(4)21(25)23(19)27)24-17(5)18-12-7-6-8-13-18/h6-8,10,12-13,15,17,24,26H,9,11H2,1-5H3/t15-,17?/m1/s1. The predicted molar refractivity (Wildman–Crippen MR) is 108 cm³/mol. The first-order chi connectivity index (χ1) is 12.7. The van der Waals surface area contributed by atoms with E-state index in [1.54, 1.807) is 6.92 Å². The van der Waals surface area contributed by atoms with E-state index in [0.717, 1.165) is 12.0 Å². The highest BCUT2D eigenvalue weighted by molar-refractivity contribution is 6.50. The van der Waals surface area contributed by atoms with E-state index in [0.29, 0.717) is 12.1 Å². The lowest BCUT2D eigenvalue weighted by atomic mass is 9.83. The normalized spacial score (nSPS) is 17.1. The molecular weight excluding hydrogens is 338 g/mol. The van der Waals surface area contributed by atoms with Gasteiger partial charge in [0.25, 0.3) is 0 Å². The van der Waals surface area contributed by atoms with E-state index in [4.69, 9.17) is 0 Å². The van der Waals surface area contributed by atoms with Gasteiger partial charge in [0.15, 0.2) is 0 Å². The maximum atomic E-state index is 12.5. The summed E-state index contributed by atoms with van der Waals surface area (Å²) in [4.78, 5) is 25.0. The Morgan fingerprint density at radius 3 is 2.33 bits per heavy atom. The van der Waals surface area contributed by atoms with Crippen molar-refractivity contribution >= 4 is 11.6 Å². The highest BCUT2D eigenvalue weighted by Crippen LogP contribution is 2.31. The van der Waals surface area contributed by atoms with Crippen molar-refractivity contribution in [2.75, 3.05) is 0 Å². The summed E-state index contributed by atoms with van der Waals surface area (Å²) in [6.07, 6.45) is 3.60. The van der Waals surface area contributed by atoms with Crippen LogP contribution in [0.2, 0.25) is 0 Å². The van der Waals surface area contributed by atoms with E-state index in [2.05, 4.69) is 11.4 Å². The smallest absolute Gasteiger partial charge is 0.233 e. The molecule has 0 aromatic heterocycles. The van der Waals surface area contributed by atoms with Crippen LogP contribution in [0.25, 0.3) is 0 Å². The molecule has 1 aliphatic rings. The first kappa shape index (κ1) is 20.7. The molecule has 2 N–H and O–H groups in total. The van der Waals surface area contributed by atoms with Gasteiger partial charge in [-0.1, -0.05) is 48.9 Å². The molecule has 0 saturated carbocycles. The zero-order valence-electron chi connectivity index (χ0n) is 16.8. The van der Waals surface area contributed by atoms with Gasteiger partial charge in [-0.05, 0) is 52.0 Å². The molecule has 0 bridgehead atoms. The first-order valence-corrected chi connectivity index (χ1v) is 9.42. The van der Waals surface area contributed by atoms with Crippen molar-refractivity contribution in [1.29, 1.82) is 0 Å². The van der Waals surface area contributed by atoms with E-state index in [9.17, 15) is 14.7 Å². The average Bonchev–Trinajstić information content (AvgIpc) is 2.64. The van der Waals surface area contributed by atoms with E-state index in [1.165, 1.54) is 5.57 Å². The molecule has 0 radical (unpaired) electrons. The number of benzene rings is 1.